The molecule has 1 aromatic carbocycles. The molecule has 0 radical (unpaired) electrons. The van der Waals surface area contributed by atoms with Crippen LogP contribution < -0.4 is 0 Å². The van der Waals surface area contributed by atoms with Crippen LogP contribution in [0.4, 0.5) is 0 Å². The second-order valence-electron chi connectivity index (χ2n) is 5.00. The third-order valence-electron chi connectivity index (χ3n) is 3.73. The van der Waals surface area contributed by atoms with Crippen molar-refractivity contribution in [2.75, 3.05) is 0 Å². The van der Waals surface area contributed by atoms with Crippen LogP contribution in [0.2, 0.25) is 0 Å². The average Bonchev–Trinajstić information content (AvgIpc) is 2.97. The summed E-state index contributed by atoms with van der Waals surface area (Å²) in [5.41, 5.74) is 3.49. The van der Waals surface area contributed by atoms with E-state index >= 15 is 0 Å². The summed E-state index contributed by atoms with van der Waals surface area (Å²) < 4.78 is 2.25. The van der Waals surface area contributed by atoms with Gasteiger partial charge in [0.25, 0.3) is 0 Å². The van der Waals surface area contributed by atoms with E-state index in [-0.39, 0.29) is 17.0 Å². The molecular formula is C15H15BrN2OS. The van der Waals surface area contributed by atoms with Gasteiger partial charge in [0.2, 0.25) is 0 Å². The Morgan fingerprint density at radius 2 is 1.85 bits per heavy atom. The maximum absolute atomic E-state index is 9.34. The standard InChI is InChI=1S/C15H14N2OS.BrH/c18-11-7-5-10(6-8-11)12-9-17-13-3-1-2-4-14(13)19-15(17)16-12;/h5-9,18H,1-4H2;1H. The number of halogens is 1. The topological polar surface area (TPSA) is 37.5 Å². The number of phenolic OH excluding ortho intramolecular Hbond substituents is 1. The number of aromatic hydroxyl groups is 1. The first-order valence-electron chi connectivity index (χ1n) is 6.60. The molecule has 0 aliphatic heterocycles. The highest BCUT2D eigenvalue weighted by Crippen LogP contribution is 2.32. The summed E-state index contributed by atoms with van der Waals surface area (Å²) in [6.45, 7) is 0. The molecule has 0 atom stereocenters. The maximum Gasteiger partial charge on any atom is 0.194 e. The van der Waals surface area contributed by atoms with Crippen LogP contribution in [-0.2, 0) is 12.8 Å². The van der Waals surface area contributed by atoms with E-state index in [1.54, 1.807) is 12.1 Å². The van der Waals surface area contributed by atoms with Crippen molar-refractivity contribution in [2.24, 2.45) is 0 Å². The van der Waals surface area contributed by atoms with E-state index in [1.807, 2.05) is 23.5 Å². The molecule has 0 saturated heterocycles. The Hall–Kier alpha value is -1.33. The number of benzene rings is 1. The predicted molar refractivity (Wildman–Crippen MR) is 87.1 cm³/mol. The summed E-state index contributed by atoms with van der Waals surface area (Å²) in [6.07, 6.45) is 7.09. The van der Waals surface area contributed by atoms with Gasteiger partial charge in [-0.05, 0) is 49.9 Å². The van der Waals surface area contributed by atoms with Gasteiger partial charge in [0, 0.05) is 22.3 Å². The quantitative estimate of drug-likeness (QED) is 0.713. The van der Waals surface area contributed by atoms with Crippen LogP contribution in [-0.4, -0.2) is 14.5 Å². The SMILES string of the molecule is Br.Oc1ccc(-c2cn3c4c(sc3n2)CCCC4)cc1. The molecule has 1 aliphatic rings. The largest absolute Gasteiger partial charge is 0.508 e. The molecule has 0 saturated carbocycles. The zero-order valence-electron chi connectivity index (χ0n) is 10.9. The lowest BCUT2D eigenvalue weighted by Gasteiger charge is -2.09. The number of hydrogen-bond donors (Lipinski definition) is 1. The van der Waals surface area contributed by atoms with E-state index < -0.39 is 0 Å². The normalized spacial score (nSPS) is 14.0. The summed E-state index contributed by atoms with van der Waals surface area (Å²) in [6, 6.07) is 7.24. The molecule has 0 fully saturated rings. The fourth-order valence-electron chi connectivity index (χ4n) is 2.74. The third kappa shape index (κ3) is 2.15. The minimum Gasteiger partial charge on any atom is -0.508 e. The Kier molecular flexibility index (Phi) is 3.56. The number of aryl methyl sites for hydroxylation is 2. The first-order valence-corrected chi connectivity index (χ1v) is 7.42. The Morgan fingerprint density at radius 1 is 1.10 bits per heavy atom. The van der Waals surface area contributed by atoms with Gasteiger partial charge < -0.3 is 5.11 Å². The molecule has 0 amide bonds. The molecule has 0 bridgehead atoms. The average molecular weight is 351 g/mol. The zero-order chi connectivity index (χ0) is 12.8. The predicted octanol–water partition coefficient (Wildman–Crippen LogP) is 4.23. The molecule has 1 aliphatic carbocycles. The number of phenols is 1. The molecule has 3 nitrogen and oxygen atoms in total. The number of rotatable bonds is 1. The molecule has 2 aromatic heterocycles. The van der Waals surface area contributed by atoms with Crippen molar-refractivity contribution in [3.8, 4) is 17.0 Å². The van der Waals surface area contributed by atoms with E-state index in [2.05, 4.69) is 10.6 Å². The van der Waals surface area contributed by atoms with E-state index in [1.165, 1.54) is 36.3 Å². The van der Waals surface area contributed by atoms with Gasteiger partial charge >= 0.3 is 0 Å². The van der Waals surface area contributed by atoms with Gasteiger partial charge in [-0.1, -0.05) is 0 Å². The zero-order valence-corrected chi connectivity index (χ0v) is 13.4. The van der Waals surface area contributed by atoms with Gasteiger partial charge in [0.15, 0.2) is 4.96 Å². The number of fused-ring (bicyclic) bond motifs is 3. The molecule has 3 aromatic rings. The van der Waals surface area contributed by atoms with Crippen molar-refractivity contribution in [3.05, 3.63) is 41.0 Å². The number of thiazole rings is 1. The van der Waals surface area contributed by atoms with Gasteiger partial charge in [-0.15, -0.1) is 28.3 Å². The monoisotopic (exact) mass is 350 g/mol. The van der Waals surface area contributed by atoms with Crippen molar-refractivity contribution < 1.29 is 5.11 Å². The molecule has 104 valence electrons. The van der Waals surface area contributed by atoms with Gasteiger partial charge in [-0.3, -0.25) is 4.40 Å². The van der Waals surface area contributed by atoms with E-state index in [0.717, 1.165) is 16.2 Å². The van der Waals surface area contributed by atoms with Crippen LogP contribution in [0.5, 0.6) is 5.75 Å². The van der Waals surface area contributed by atoms with Gasteiger partial charge in [0.1, 0.15) is 5.75 Å². The van der Waals surface area contributed by atoms with Crippen LogP contribution >= 0.6 is 28.3 Å². The van der Waals surface area contributed by atoms with Crippen molar-refractivity contribution >= 4 is 33.3 Å². The summed E-state index contributed by atoms with van der Waals surface area (Å²) >= 11 is 1.82. The Morgan fingerprint density at radius 3 is 2.65 bits per heavy atom. The fraction of sp³-hybridized carbons (Fsp3) is 0.267. The van der Waals surface area contributed by atoms with Gasteiger partial charge in [0.05, 0.1) is 5.69 Å². The fourth-order valence-corrected chi connectivity index (χ4v) is 3.93. The number of imidazole rings is 1. The molecular weight excluding hydrogens is 336 g/mol. The third-order valence-corrected chi connectivity index (χ3v) is 4.89. The first-order chi connectivity index (χ1) is 9.31. The van der Waals surface area contributed by atoms with Crippen LogP contribution in [0.25, 0.3) is 16.2 Å². The van der Waals surface area contributed by atoms with Crippen molar-refractivity contribution in [1.29, 1.82) is 0 Å². The lowest BCUT2D eigenvalue weighted by atomic mass is 10.0. The Bertz CT molecular complexity index is 745. The Labute approximate surface area is 131 Å². The summed E-state index contributed by atoms with van der Waals surface area (Å²) in [5, 5.41) is 9.34. The minimum atomic E-state index is 0. The molecule has 0 spiro atoms. The van der Waals surface area contributed by atoms with E-state index in [9.17, 15) is 5.11 Å². The molecule has 1 N–H and O–H groups in total. The van der Waals surface area contributed by atoms with E-state index in [0.29, 0.717) is 5.75 Å². The lowest BCUT2D eigenvalue weighted by molar-refractivity contribution is 0.475. The molecule has 2 heterocycles. The first kappa shape index (κ1) is 13.6. The maximum atomic E-state index is 9.34. The number of nitrogens with zero attached hydrogens (tertiary/aromatic N) is 2. The molecule has 0 unspecified atom stereocenters. The van der Waals surface area contributed by atoms with Crippen LogP contribution in [0.1, 0.15) is 23.4 Å². The van der Waals surface area contributed by atoms with Gasteiger partial charge in [-0.25, -0.2) is 4.98 Å². The highest BCUT2D eigenvalue weighted by molar-refractivity contribution is 8.93. The molecule has 20 heavy (non-hydrogen) atoms. The summed E-state index contributed by atoms with van der Waals surface area (Å²) in [7, 11) is 0. The lowest BCUT2D eigenvalue weighted by Crippen LogP contribution is -2.01. The van der Waals surface area contributed by atoms with E-state index in [4.69, 9.17) is 4.98 Å². The van der Waals surface area contributed by atoms with Crippen LogP contribution in [0, 0.1) is 0 Å². The smallest absolute Gasteiger partial charge is 0.194 e. The van der Waals surface area contributed by atoms with Crippen molar-refractivity contribution in [3.63, 3.8) is 0 Å². The number of hydrogen-bond acceptors (Lipinski definition) is 3. The Balaban J connectivity index is 0.00000121. The highest BCUT2D eigenvalue weighted by atomic mass is 79.9. The van der Waals surface area contributed by atoms with Crippen LogP contribution in [0.15, 0.2) is 30.5 Å². The van der Waals surface area contributed by atoms with Gasteiger partial charge in [-0.2, -0.15) is 0 Å². The molecule has 4 rings (SSSR count). The van der Waals surface area contributed by atoms with Crippen molar-refractivity contribution in [1.82, 2.24) is 9.38 Å². The summed E-state index contributed by atoms with van der Waals surface area (Å²) in [5.74, 6) is 0.294. The number of aromatic nitrogens is 2. The second kappa shape index (κ2) is 5.22. The minimum absolute atomic E-state index is 0. The van der Waals surface area contributed by atoms with Crippen molar-refractivity contribution in [2.45, 2.75) is 25.7 Å². The van der Waals surface area contributed by atoms with Crippen LogP contribution in [0.3, 0.4) is 0 Å². The second-order valence-corrected chi connectivity index (χ2v) is 6.07. The summed E-state index contributed by atoms with van der Waals surface area (Å²) in [4.78, 5) is 7.32. The highest BCUT2D eigenvalue weighted by Gasteiger charge is 2.18. The molecule has 5 heteroatoms.